The zero-order valence-electron chi connectivity index (χ0n) is 10.6. The molecule has 0 aliphatic heterocycles. The molecule has 1 aromatic carbocycles. The predicted molar refractivity (Wildman–Crippen MR) is 74.5 cm³/mol. The molecular weight excluding hydrogens is 296 g/mol. The highest BCUT2D eigenvalue weighted by Crippen LogP contribution is 2.20. The first-order valence-corrected chi connectivity index (χ1v) is 6.93. The van der Waals surface area contributed by atoms with Crippen molar-refractivity contribution < 1.29 is 14.7 Å². The fraction of sp³-hybridized carbons (Fsp3) is 0.429. The van der Waals surface area contributed by atoms with Crippen molar-refractivity contribution in [3.8, 4) is 0 Å². The molecule has 0 saturated carbocycles. The molecule has 0 saturated heterocycles. The number of Topliss-reactive ketones (excluding diaryl/α,β-unsaturated/α-hetero) is 1. The molecule has 0 fully saturated rings. The van der Waals surface area contributed by atoms with Crippen molar-refractivity contribution in [3.05, 3.63) is 34.9 Å². The molecule has 0 radical (unpaired) electrons. The molecule has 0 aliphatic carbocycles. The normalized spacial score (nSPS) is 12.2. The van der Waals surface area contributed by atoms with E-state index in [4.69, 9.17) is 5.11 Å². The average molecular weight is 313 g/mol. The summed E-state index contributed by atoms with van der Waals surface area (Å²) in [7, 11) is 0. The maximum absolute atomic E-state index is 12.2. The van der Waals surface area contributed by atoms with Gasteiger partial charge in [0, 0.05) is 5.56 Å². The second-order valence-electron chi connectivity index (χ2n) is 4.13. The number of alkyl halides is 1. The minimum Gasteiger partial charge on any atom is -0.481 e. The van der Waals surface area contributed by atoms with E-state index in [0.29, 0.717) is 5.56 Å². The van der Waals surface area contributed by atoms with Gasteiger partial charge in [-0.3, -0.25) is 9.59 Å². The molecule has 1 N–H and O–H groups in total. The molecule has 1 aromatic rings. The Morgan fingerprint density at radius 1 is 1.28 bits per heavy atom. The molecule has 1 unspecified atom stereocenters. The summed E-state index contributed by atoms with van der Waals surface area (Å²) in [5.74, 6) is -1.13. The number of aryl methyl sites for hydroxylation is 2. The van der Waals surface area contributed by atoms with E-state index < -0.39 is 10.8 Å². The molecule has 0 heterocycles. The van der Waals surface area contributed by atoms with Crippen molar-refractivity contribution in [3.63, 3.8) is 0 Å². The zero-order chi connectivity index (χ0) is 13.7. The minimum absolute atomic E-state index is 0.149. The van der Waals surface area contributed by atoms with E-state index in [1.807, 2.05) is 32.0 Å². The fourth-order valence-electron chi connectivity index (χ4n) is 1.80. The van der Waals surface area contributed by atoms with Crippen molar-refractivity contribution in [2.24, 2.45) is 0 Å². The predicted octanol–water partition coefficient (Wildman–Crippen LogP) is 3.23. The number of halogens is 1. The van der Waals surface area contributed by atoms with Crippen LogP contribution in [-0.2, 0) is 17.6 Å². The van der Waals surface area contributed by atoms with Crippen molar-refractivity contribution in [1.29, 1.82) is 0 Å². The first-order chi connectivity index (χ1) is 8.49. The van der Waals surface area contributed by atoms with Crippen LogP contribution < -0.4 is 0 Å². The highest BCUT2D eigenvalue weighted by molar-refractivity contribution is 9.10. The Morgan fingerprint density at radius 3 is 2.44 bits per heavy atom. The topological polar surface area (TPSA) is 54.4 Å². The standard InChI is InChI=1S/C14H17BrO3/c1-3-9-5-6-10(4-2)11(7-9)14(18)12(15)8-13(16)17/h5-7,12H,3-4,8H2,1-2H3,(H,16,17). The van der Waals surface area contributed by atoms with E-state index in [9.17, 15) is 9.59 Å². The molecular formula is C14H17BrO3. The summed E-state index contributed by atoms with van der Waals surface area (Å²) in [5, 5.41) is 8.72. The first-order valence-electron chi connectivity index (χ1n) is 6.01. The van der Waals surface area contributed by atoms with Crippen LogP contribution in [0.15, 0.2) is 18.2 Å². The van der Waals surface area contributed by atoms with Crippen LogP contribution in [0, 0.1) is 0 Å². The Hall–Kier alpha value is -1.16. The number of aliphatic carboxylic acids is 1. The highest BCUT2D eigenvalue weighted by atomic mass is 79.9. The molecule has 1 rings (SSSR count). The third-order valence-electron chi connectivity index (χ3n) is 2.87. The lowest BCUT2D eigenvalue weighted by atomic mass is 9.96. The van der Waals surface area contributed by atoms with Gasteiger partial charge in [-0.05, 0) is 30.0 Å². The zero-order valence-corrected chi connectivity index (χ0v) is 12.2. The molecule has 0 bridgehead atoms. The molecule has 0 aliphatic rings. The van der Waals surface area contributed by atoms with E-state index in [0.717, 1.165) is 24.0 Å². The smallest absolute Gasteiger partial charge is 0.304 e. The maximum atomic E-state index is 12.2. The van der Waals surface area contributed by atoms with Gasteiger partial charge in [0.25, 0.3) is 0 Å². The fourth-order valence-corrected chi connectivity index (χ4v) is 2.32. The summed E-state index contributed by atoms with van der Waals surface area (Å²) in [4.78, 5) is 22.2. The Labute approximate surface area is 115 Å². The second kappa shape index (κ2) is 6.69. The van der Waals surface area contributed by atoms with E-state index >= 15 is 0 Å². The third-order valence-corrected chi connectivity index (χ3v) is 3.61. The van der Waals surface area contributed by atoms with Gasteiger partial charge in [-0.1, -0.05) is 41.9 Å². The molecule has 4 heteroatoms. The molecule has 3 nitrogen and oxygen atoms in total. The van der Waals surface area contributed by atoms with Crippen molar-refractivity contribution >= 4 is 27.7 Å². The average Bonchev–Trinajstić information content (AvgIpc) is 2.36. The quantitative estimate of drug-likeness (QED) is 0.648. The number of ketones is 1. The highest BCUT2D eigenvalue weighted by Gasteiger charge is 2.22. The summed E-state index contributed by atoms with van der Waals surface area (Å²) in [5.41, 5.74) is 2.69. The monoisotopic (exact) mass is 312 g/mol. The Morgan fingerprint density at radius 2 is 1.94 bits per heavy atom. The van der Waals surface area contributed by atoms with Crippen molar-refractivity contribution in [2.45, 2.75) is 37.9 Å². The molecule has 0 aromatic heterocycles. The molecule has 0 spiro atoms. The lowest BCUT2D eigenvalue weighted by Crippen LogP contribution is -2.19. The molecule has 18 heavy (non-hydrogen) atoms. The number of benzene rings is 1. The number of carboxylic acid groups (broad SMARTS) is 1. The summed E-state index contributed by atoms with van der Waals surface area (Å²) < 4.78 is 0. The van der Waals surface area contributed by atoms with E-state index in [1.54, 1.807) is 0 Å². The number of hydrogen-bond acceptors (Lipinski definition) is 2. The Kier molecular flexibility index (Phi) is 5.54. The van der Waals surface area contributed by atoms with Crippen molar-refractivity contribution in [2.75, 3.05) is 0 Å². The lowest BCUT2D eigenvalue weighted by Gasteiger charge is -2.12. The Balaban J connectivity index is 3.05. The van der Waals surface area contributed by atoms with Crippen molar-refractivity contribution in [1.82, 2.24) is 0 Å². The van der Waals surface area contributed by atoms with Crippen LogP contribution in [0.4, 0.5) is 0 Å². The first kappa shape index (κ1) is 14.9. The van der Waals surface area contributed by atoms with E-state index in [-0.39, 0.29) is 12.2 Å². The van der Waals surface area contributed by atoms with Gasteiger partial charge in [0.1, 0.15) is 0 Å². The van der Waals surface area contributed by atoms with Gasteiger partial charge in [-0.2, -0.15) is 0 Å². The summed E-state index contributed by atoms with van der Waals surface area (Å²) in [6.45, 7) is 4.01. The summed E-state index contributed by atoms with van der Waals surface area (Å²) in [6, 6.07) is 5.83. The SMILES string of the molecule is CCc1ccc(CC)c(C(=O)C(Br)CC(=O)O)c1. The third kappa shape index (κ3) is 3.67. The summed E-state index contributed by atoms with van der Waals surface area (Å²) >= 11 is 3.16. The van der Waals surface area contributed by atoms with Gasteiger partial charge in [0.15, 0.2) is 5.78 Å². The van der Waals surface area contributed by atoms with Gasteiger partial charge in [-0.15, -0.1) is 0 Å². The van der Waals surface area contributed by atoms with Crippen LogP contribution >= 0.6 is 15.9 Å². The van der Waals surface area contributed by atoms with Crippen LogP contribution in [0.3, 0.4) is 0 Å². The minimum atomic E-state index is -0.977. The maximum Gasteiger partial charge on any atom is 0.304 e. The van der Waals surface area contributed by atoms with Gasteiger partial charge in [-0.25, -0.2) is 0 Å². The van der Waals surface area contributed by atoms with Crippen LogP contribution in [0.1, 0.15) is 41.8 Å². The van der Waals surface area contributed by atoms with Crippen LogP contribution in [-0.4, -0.2) is 21.7 Å². The number of hydrogen-bond donors (Lipinski definition) is 1. The largest absolute Gasteiger partial charge is 0.481 e. The van der Waals surface area contributed by atoms with Crippen LogP contribution in [0.25, 0.3) is 0 Å². The van der Waals surface area contributed by atoms with Gasteiger partial charge in [0.05, 0.1) is 11.2 Å². The number of carboxylic acids is 1. The van der Waals surface area contributed by atoms with Gasteiger partial charge in [0.2, 0.25) is 0 Å². The number of carbonyl (C=O) groups excluding carboxylic acids is 1. The molecule has 0 amide bonds. The number of rotatable bonds is 6. The van der Waals surface area contributed by atoms with Gasteiger partial charge >= 0.3 is 5.97 Å². The van der Waals surface area contributed by atoms with E-state index in [2.05, 4.69) is 15.9 Å². The van der Waals surface area contributed by atoms with E-state index in [1.165, 1.54) is 0 Å². The molecule has 1 atom stereocenters. The van der Waals surface area contributed by atoms with Gasteiger partial charge < -0.3 is 5.11 Å². The lowest BCUT2D eigenvalue weighted by molar-refractivity contribution is -0.136. The second-order valence-corrected chi connectivity index (χ2v) is 5.23. The summed E-state index contributed by atoms with van der Waals surface area (Å²) in [6.07, 6.45) is 1.42. The van der Waals surface area contributed by atoms with Crippen LogP contribution in [0.5, 0.6) is 0 Å². The Bertz CT molecular complexity index is 454. The van der Waals surface area contributed by atoms with Crippen LogP contribution in [0.2, 0.25) is 0 Å². The molecule has 98 valence electrons. The number of carbonyl (C=O) groups is 2.